The van der Waals surface area contributed by atoms with Gasteiger partial charge in [-0.25, -0.2) is 9.37 Å². The smallest absolute Gasteiger partial charge is 0.213 e. The predicted octanol–water partition coefficient (Wildman–Crippen LogP) is 7.03. The third kappa shape index (κ3) is 6.35. The maximum Gasteiger partial charge on any atom is 0.213 e. The van der Waals surface area contributed by atoms with Crippen molar-refractivity contribution in [3.8, 4) is 22.8 Å². The summed E-state index contributed by atoms with van der Waals surface area (Å²) in [5, 5.41) is 0. The Kier molecular flexibility index (Phi) is 8.67. The zero-order valence-electron chi connectivity index (χ0n) is 21.1. The van der Waals surface area contributed by atoms with E-state index in [1.807, 2.05) is 30.3 Å². The fourth-order valence-corrected chi connectivity index (χ4v) is 4.10. The van der Waals surface area contributed by atoms with Gasteiger partial charge in [-0.1, -0.05) is 37.3 Å². The number of rotatable bonds is 10. The van der Waals surface area contributed by atoms with Crippen LogP contribution in [0.3, 0.4) is 0 Å². The summed E-state index contributed by atoms with van der Waals surface area (Å²) in [6, 6.07) is 16.5. The Labute approximate surface area is 203 Å². The lowest BCUT2D eigenvalue weighted by Crippen LogP contribution is -2.36. The Morgan fingerprint density at radius 1 is 0.971 bits per heavy atom. The Bertz CT molecular complexity index is 1090. The van der Waals surface area contributed by atoms with Crippen LogP contribution in [0.5, 0.6) is 11.6 Å². The SMILES string of the molecule is [CH2]C(C)c1cccc(OCc2ccc(-c3cc(OC)ncc3F)c(CN(C(C)C)C(C)C)c2)c1. The molecule has 181 valence electrons. The minimum absolute atomic E-state index is 0.194. The molecule has 0 saturated carbocycles. The third-order valence-electron chi connectivity index (χ3n) is 6.01. The maximum atomic E-state index is 14.8. The lowest BCUT2D eigenvalue weighted by molar-refractivity contribution is 0.166. The number of hydrogen-bond donors (Lipinski definition) is 0. The van der Waals surface area contributed by atoms with Crippen LogP contribution >= 0.6 is 0 Å². The maximum absolute atomic E-state index is 14.8. The van der Waals surface area contributed by atoms with E-state index in [2.05, 4.69) is 63.6 Å². The molecule has 2 aromatic carbocycles. The summed E-state index contributed by atoms with van der Waals surface area (Å²) in [5.41, 5.74) is 4.52. The minimum atomic E-state index is -0.370. The first-order valence-corrected chi connectivity index (χ1v) is 11.8. The van der Waals surface area contributed by atoms with E-state index in [4.69, 9.17) is 9.47 Å². The lowest BCUT2D eigenvalue weighted by atomic mass is 9.96. The van der Waals surface area contributed by atoms with Crippen LogP contribution in [0.15, 0.2) is 54.7 Å². The van der Waals surface area contributed by atoms with Crippen LogP contribution in [-0.4, -0.2) is 29.1 Å². The number of ether oxygens (including phenoxy) is 2. The van der Waals surface area contributed by atoms with Gasteiger partial charge in [-0.05, 0) is 74.9 Å². The second-order valence-corrected chi connectivity index (χ2v) is 9.32. The molecule has 3 aromatic rings. The molecule has 1 heterocycles. The van der Waals surface area contributed by atoms with Gasteiger partial charge in [0.15, 0.2) is 0 Å². The second-order valence-electron chi connectivity index (χ2n) is 9.32. The largest absolute Gasteiger partial charge is 0.489 e. The van der Waals surface area contributed by atoms with Gasteiger partial charge in [0.05, 0.1) is 13.3 Å². The standard InChI is InChI=1S/C29H36FN2O2/c1-19(2)23-9-8-10-25(14-23)34-18-22-11-12-26(27-15-29(33-7)31-16-28(27)30)24(13-22)17-32(20(3)4)21(5)6/h8-16,19-21H,1,17-18H2,2-7H3. The molecule has 1 atom stereocenters. The van der Waals surface area contributed by atoms with Crippen molar-refractivity contribution in [2.75, 3.05) is 7.11 Å². The van der Waals surface area contributed by atoms with E-state index in [-0.39, 0.29) is 11.7 Å². The molecule has 1 radical (unpaired) electrons. The van der Waals surface area contributed by atoms with Crippen molar-refractivity contribution in [2.45, 2.75) is 65.8 Å². The second kappa shape index (κ2) is 11.5. The monoisotopic (exact) mass is 463 g/mol. The van der Waals surface area contributed by atoms with Gasteiger partial charge in [-0.3, -0.25) is 4.90 Å². The van der Waals surface area contributed by atoms with Crippen LogP contribution in [-0.2, 0) is 13.2 Å². The van der Waals surface area contributed by atoms with E-state index < -0.39 is 0 Å². The Morgan fingerprint density at radius 3 is 2.35 bits per heavy atom. The molecule has 0 aliphatic rings. The molecule has 3 rings (SSSR count). The molecular formula is C29H36FN2O2. The van der Waals surface area contributed by atoms with Crippen molar-refractivity contribution in [1.82, 2.24) is 9.88 Å². The highest BCUT2D eigenvalue weighted by Gasteiger charge is 2.19. The topological polar surface area (TPSA) is 34.6 Å². The summed E-state index contributed by atoms with van der Waals surface area (Å²) < 4.78 is 26.2. The molecule has 34 heavy (non-hydrogen) atoms. The highest BCUT2D eigenvalue weighted by molar-refractivity contribution is 5.69. The van der Waals surface area contributed by atoms with Crippen LogP contribution in [0.25, 0.3) is 11.1 Å². The Balaban J connectivity index is 1.96. The number of methoxy groups -OCH3 is 1. The first-order chi connectivity index (χ1) is 16.2. The zero-order chi connectivity index (χ0) is 24.8. The first kappa shape index (κ1) is 25.7. The van der Waals surface area contributed by atoms with Gasteiger partial charge in [0.1, 0.15) is 18.2 Å². The lowest BCUT2D eigenvalue weighted by Gasteiger charge is -2.31. The molecule has 0 aliphatic carbocycles. The quantitative estimate of drug-likeness (QED) is 0.323. The van der Waals surface area contributed by atoms with E-state index in [9.17, 15) is 4.39 Å². The molecule has 0 N–H and O–H groups in total. The molecule has 0 spiro atoms. The van der Waals surface area contributed by atoms with Crippen molar-refractivity contribution in [3.63, 3.8) is 0 Å². The van der Waals surface area contributed by atoms with Crippen molar-refractivity contribution >= 4 is 0 Å². The third-order valence-corrected chi connectivity index (χ3v) is 6.01. The van der Waals surface area contributed by atoms with Crippen molar-refractivity contribution in [3.05, 3.63) is 84.2 Å². The van der Waals surface area contributed by atoms with Crippen molar-refractivity contribution < 1.29 is 13.9 Å². The fraction of sp³-hybridized carbons (Fsp3) is 0.379. The summed E-state index contributed by atoms with van der Waals surface area (Å²) in [5.74, 6) is 1.03. The zero-order valence-corrected chi connectivity index (χ0v) is 21.1. The molecule has 4 nitrogen and oxygen atoms in total. The summed E-state index contributed by atoms with van der Waals surface area (Å²) in [4.78, 5) is 6.39. The van der Waals surface area contributed by atoms with E-state index in [1.54, 1.807) is 6.07 Å². The average Bonchev–Trinajstić information content (AvgIpc) is 2.81. The molecule has 0 amide bonds. The van der Waals surface area contributed by atoms with Gasteiger partial charge in [-0.15, -0.1) is 0 Å². The Hall–Kier alpha value is -2.92. The van der Waals surface area contributed by atoms with Gasteiger partial charge in [0, 0.05) is 30.3 Å². The van der Waals surface area contributed by atoms with Crippen LogP contribution in [0.4, 0.5) is 4.39 Å². The van der Waals surface area contributed by atoms with E-state index in [1.165, 1.54) is 13.3 Å². The number of aromatic nitrogens is 1. The fourth-order valence-electron chi connectivity index (χ4n) is 4.10. The van der Waals surface area contributed by atoms with Gasteiger partial charge in [-0.2, -0.15) is 0 Å². The molecule has 1 aromatic heterocycles. The average molecular weight is 464 g/mol. The van der Waals surface area contributed by atoms with Gasteiger partial charge in [0.25, 0.3) is 0 Å². The molecular weight excluding hydrogens is 427 g/mol. The molecule has 0 saturated heterocycles. The van der Waals surface area contributed by atoms with Crippen LogP contribution in [0.1, 0.15) is 57.2 Å². The van der Waals surface area contributed by atoms with Crippen LogP contribution < -0.4 is 9.47 Å². The normalized spacial score (nSPS) is 11.6. The van der Waals surface area contributed by atoms with Gasteiger partial charge >= 0.3 is 0 Å². The summed E-state index contributed by atoms with van der Waals surface area (Å²) >= 11 is 0. The van der Waals surface area contributed by atoms with E-state index >= 15 is 0 Å². The van der Waals surface area contributed by atoms with Crippen molar-refractivity contribution in [1.29, 1.82) is 0 Å². The molecule has 0 aliphatic heterocycles. The van der Waals surface area contributed by atoms with Crippen LogP contribution in [0.2, 0.25) is 0 Å². The molecule has 1 unspecified atom stereocenters. The minimum Gasteiger partial charge on any atom is -0.489 e. The number of halogens is 1. The number of pyridine rings is 1. The Morgan fingerprint density at radius 2 is 1.71 bits per heavy atom. The van der Waals surface area contributed by atoms with Gasteiger partial charge < -0.3 is 9.47 Å². The number of nitrogens with zero attached hydrogens (tertiary/aromatic N) is 2. The van der Waals surface area contributed by atoms with E-state index in [0.717, 1.165) is 28.0 Å². The van der Waals surface area contributed by atoms with E-state index in [0.29, 0.717) is 36.7 Å². The summed E-state index contributed by atoms with van der Waals surface area (Å²) in [6.45, 7) is 16.0. The molecule has 5 heteroatoms. The predicted molar refractivity (Wildman–Crippen MR) is 137 cm³/mol. The number of hydrogen-bond acceptors (Lipinski definition) is 4. The summed E-state index contributed by atoms with van der Waals surface area (Å²) in [6.07, 6.45) is 1.22. The highest BCUT2D eigenvalue weighted by atomic mass is 19.1. The molecule has 0 fully saturated rings. The first-order valence-electron chi connectivity index (χ1n) is 11.8. The van der Waals surface area contributed by atoms with Gasteiger partial charge in [0.2, 0.25) is 5.88 Å². The summed E-state index contributed by atoms with van der Waals surface area (Å²) in [7, 11) is 1.54. The highest BCUT2D eigenvalue weighted by Crippen LogP contribution is 2.31. The van der Waals surface area contributed by atoms with Crippen LogP contribution in [0, 0.1) is 12.7 Å². The number of benzene rings is 2. The van der Waals surface area contributed by atoms with Crippen molar-refractivity contribution in [2.24, 2.45) is 0 Å². The molecule has 0 bridgehead atoms.